The van der Waals surface area contributed by atoms with E-state index in [9.17, 15) is 15.3 Å². The Bertz CT molecular complexity index is 484. The molecule has 0 aliphatic heterocycles. The topological polar surface area (TPSA) is 112 Å². The number of ketones is 1. The third kappa shape index (κ3) is 2.73. The van der Waals surface area contributed by atoms with Gasteiger partial charge in [0.25, 0.3) is 0 Å². The van der Waals surface area contributed by atoms with Crippen molar-refractivity contribution in [1.82, 2.24) is 0 Å². The highest BCUT2D eigenvalue weighted by atomic mass is 16.1. The highest BCUT2D eigenvalue weighted by Gasteiger charge is 2.50. The zero-order chi connectivity index (χ0) is 14.3. The highest BCUT2D eigenvalue weighted by molar-refractivity contribution is 5.83. The lowest BCUT2D eigenvalue weighted by atomic mass is 9.65. The summed E-state index contributed by atoms with van der Waals surface area (Å²) >= 11 is 0. The first-order chi connectivity index (χ1) is 9.16. The first-order valence-corrected chi connectivity index (χ1v) is 6.30. The third-order valence-electron chi connectivity index (χ3n) is 3.69. The molecule has 0 N–H and O–H groups in total. The van der Waals surface area contributed by atoms with Crippen molar-refractivity contribution in [3.63, 3.8) is 0 Å². The van der Waals surface area contributed by atoms with Crippen molar-refractivity contribution in [2.24, 2.45) is 17.3 Å². The number of carbonyl (C=O) groups is 1. The molecule has 1 rings (SSSR count). The van der Waals surface area contributed by atoms with E-state index < -0.39 is 17.3 Å². The molecule has 0 aromatic rings. The molecule has 0 amide bonds. The van der Waals surface area contributed by atoms with Gasteiger partial charge in [-0.15, -0.1) is 0 Å². The Kier molecular flexibility index (Phi) is 5.05. The number of hydrogen-bond acceptors (Lipinski definition) is 5. The van der Waals surface area contributed by atoms with E-state index in [0.29, 0.717) is 12.8 Å². The molecule has 1 aliphatic carbocycles. The quantitative estimate of drug-likeness (QED) is 0.749. The molecule has 0 radical (unpaired) electrons. The molecule has 5 nitrogen and oxygen atoms in total. The van der Waals surface area contributed by atoms with Gasteiger partial charge in [-0.3, -0.25) is 4.79 Å². The van der Waals surface area contributed by atoms with E-state index in [1.54, 1.807) is 24.3 Å². The lowest BCUT2D eigenvalue weighted by molar-refractivity contribution is -0.126. The second-order valence-corrected chi connectivity index (χ2v) is 4.76. The summed E-state index contributed by atoms with van der Waals surface area (Å²) in [6.45, 7) is 0. The van der Waals surface area contributed by atoms with Gasteiger partial charge in [-0.25, -0.2) is 0 Å². The van der Waals surface area contributed by atoms with Crippen LogP contribution in [-0.2, 0) is 4.79 Å². The van der Waals surface area contributed by atoms with Crippen molar-refractivity contribution in [1.29, 1.82) is 21.0 Å². The van der Waals surface area contributed by atoms with Crippen LogP contribution in [0.2, 0.25) is 0 Å². The molecule has 0 aromatic heterocycles. The highest BCUT2D eigenvalue weighted by Crippen LogP contribution is 2.40. The van der Waals surface area contributed by atoms with Gasteiger partial charge in [0.05, 0.1) is 30.2 Å². The van der Waals surface area contributed by atoms with E-state index in [1.807, 2.05) is 0 Å². The molecular weight excluding hydrogens is 240 g/mol. The largest absolute Gasteiger partial charge is 0.299 e. The summed E-state index contributed by atoms with van der Waals surface area (Å²) in [4.78, 5) is 12.1. The summed E-state index contributed by atoms with van der Waals surface area (Å²) in [5.41, 5.74) is -1.84. The van der Waals surface area contributed by atoms with Crippen molar-refractivity contribution in [3.05, 3.63) is 0 Å². The summed E-state index contributed by atoms with van der Waals surface area (Å²) < 4.78 is 0. The number of nitrogens with zero attached hydrogens (tertiary/aromatic N) is 4. The zero-order valence-corrected chi connectivity index (χ0v) is 10.6. The molecule has 1 unspecified atom stereocenters. The van der Waals surface area contributed by atoms with Crippen LogP contribution in [-0.4, -0.2) is 5.78 Å². The maximum absolute atomic E-state index is 12.1. The zero-order valence-electron chi connectivity index (χ0n) is 10.6. The van der Waals surface area contributed by atoms with Gasteiger partial charge in [-0.1, -0.05) is 19.3 Å². The van der Waals surface area contributed by atoms with E-state index >= 15 is 0 Å². The Morgan fingerprint density at radius 2 is 1.58 bits per heavy atom. The molecule has 96 valence electrons. The van der Waals surface area contributed by atoms with Gasteiger partial charge in [-0.2, -0.15) is 21.0 Å². The molecule has 0 aromatic carbocycles. The number of Topliss-reactive ketones (excluding diaryl/α,β-unsaturated/α-hetero) is 1. The van der Waals surface area contributed by atoms with Crippen molar-refractivity contribution in [2.45, 2.75) is 38.5 Å². The van der Waals surface area contributed by atoms with Gasteiger partial charge < -0.3 is 0 Å². The van der Waals surface area contributed by atoms with Gasteiger partial charge in [0.1, 0.15) is 5.78 Å². The normalized spacial score (nSPS) is 20.3. The molecular formula is C14H14N4O. The Labute approximate surface area is 112 Å². The minimum absolute atomic E-state index is 0.168. The van der Waals surface area contributed by atoms with E-state index in [-0.39, 0.29) is 5.78 Å². The van der Waals surface area contributed by atoms with Crippen molar-refractivity contribution in [2.75, 3.05) is 0 Å². The van der Waals surface area contributed by atoms with Gasteiger partial charge in [0.2, 0.25) is 0 Å². The molecule has 1 atom stereocenters. The molecule has 5 heteroatoms. The Balaban J connectivity index is 3.21. The molecule has 1 saturated carbocycles. The number of rotatable bonds is 2. The molecule has 0 saturated heterocycles. The van der Waals surface area contributed by atoms with Crippen LogP contribution in [0.15, 0.2) is 0 Å². The fourth-order valence-electron chi connectivity index (χ4n) is 2.56. The van der Waals surface area contributed by atoms with Crippen molar-refractivity contribution in [3.8, 4) is 24.3 Å². The Hall–Kier alpha value is -2.37. The van der Waals surface area contributed by atoms with Gasteiger partial charge in [0, 0.05) is 6.42 Å². The second kappa shape index (κ2) is 6.53. The first kappa shape index (κ1) is 14.7. The van der Waals surface area contributed by atoms with E-state index in [4.69, 9.17) is 10.5 Å². The van der Waals surface area contributed by atoms with Gasteiger partial charge in [-0.05, 0) is 12.8 Å². The van der Waals surface area contributed by atoms with Crippen LogP contribution >= 0.6 is 0 Å². The van der Waals surface area contributed by atoms with Gasteiger partial charge in [0.15, 0.2) is 11.3 Å². The number of hydrogen-bond donors (Lipinski definition) is 0. The minimum atomic E-state index is -1.84. The maximum atomic E-state index is 12.1. The second-order valence-electron chi connectivity index (χ2n) is 4.76. The van der Waals surface area contributed by atoms with Crippen molar-refractivity contribution >= 4 is 5.78 Å². The average Bonchev–Trinajstić information content (AvgIpc) is 2.42. The van der Waals surface area contributed by atoms with Crippen LogP contribution in [0.25, 0.3) is 0 Å². The van der Waals surface area contributed by atoms with E-state index in [1.165, 1.54) is 0 Å². The summed E-state index contributed by atoms with van der Waals surface area (Å²) in [6.07, 6.45) is 4.11. The Morgan fingerprint density at radius 1 is 1.00 bits per heavy atom. The van der Waals surface area contributed by atoms with Crippen LogP contribution < -0.4 is 0 Å². The molecule has 1 fully saturated rings. The van der Waals surface area contributed by atoms with Crippen molar-refractivity contribution < 1.29 is 4.79 Å². The average molecular weight is 254 g/mol. The number of nitriles is 4. The fraction of sp³-hybridized carbons (Fsp3) is 0.643. The lowest BCUT2D eigenvalue weighted by Crippen LogP contribution is -2.39. The van der Waals surface area contributed by atoms with E-state index in [2.05, 4.69) is 0 Å². The summed E-state index contributed by atoms with van der Waals surface area (Å²) in [5.74, 6) is -2.39. The number of carbonyl (C=O) groups excluding carboxylic acids is 1. The van der Waals surface area contributed by atoms with Crippen LogP contribution in [0.3, 0.4) is 0 Å². The van der Waals surface area contributed by atoms with Crippen LogP contribution in [0.5, 0.6) is 0 Å². The predicted octanol–water partition coefficient (Wildman–Crippen LogP) is 2.22. The van der Waals surface area contributed by atoms with Crippen LogP contribution in [0, 0.1) is 62.6 Å². The van der Waals surface area contributed by atoms with Gasteiger partial charge >= 0.3 is 0 Å². The predicted molar refractivity (Wildman–Crippen MR) is 64.6 cm³/mol. The molecule has 19 heavy (non-hydrogen) atoms. The van der Waals surface area contributed by atoms with Crippen LogP contribution in [0.1, 0.15) is 38.5 Å². The monoisotopic (exact) mass is 254 g/mol. The molecule has 0 bridgehead atoms. The lowest BCUT2D eigenvalue weighted by Gasteiger charge is -2.29. The molecule has 0 spiro atoms. The fourth-order valence-corrected chi connectivity index (χ4v) is 2.56. The summed E-state index contributed by atoms with van der Waals surface area (Å²) in [6, 6.07) is 6.96. The maximum Gasteiger partial charge on any atom is 0.182 e. The van der Waals surface area contributed by atoms with Crippen LogP contribution in [0.4, 0.5) is 0 Å². The Morgan fingerprint density at radius 3 is 2.11 bits per heavy atom. The molecule has 1 aliphatic rings. The standard InChI is InChI=1S/C14H14N4O/c15-7-11(8-16)14(9-17,10-18)12-5-3-1-2-4-6-13(12)19/h11-12H,1-6H2. The smallest absolute Gasteiger partial charge is 0.182 e. The summed E-state index contributed by atoms with van der Waals surface area (Å²) in [7, 11) is 0. The minimum Gasteiger partial charge on any atom is -0.299 e. The summed E-state index contributed by atoms with van der Waals surface area (Å²) in [5, 5.41) is 36.6. The molecule has 0 heterocycles. The first-order valence-electron chi connectivity index (χ1n) is 6.30. The van der Waals surface area contributed by atoms with E-state index in [0.717, 1.165) is 25.7 Å². The third-order valence-corrected chi connectivity index (χ3v) is 3.69. The SMILES string of the molecule is N#CC(C#N)C(C#N)(C#N)C1CCCCCCC1=O.